The predicted molar refractivity (Wildman–Crippen MR) is 92.9 cm³/mol. The summed E-state index contributed by atoms with van der Waals surface area (Å²) in [7, 11) is 0. The molecule has 0 spiro atoms. The van der Waals surface area contributed by atoms with E-state index in [1.807, 2.05) is 36.4 Å². The van der Waals surface area contributed by atoms with Gasteiger partial charge in [0.15, 0.2) is 5.76 Å². The van der Waals surface area contributed by atoms with E-state index in [-0.39, 0.29) is 11.5 Å². The van der Waals surface area contributed by atoms with Crippen molar-refractivity contribution in [3.63, 3.8) is 0 Å². The summed E-state index contributed by atoms with van der Waals surface area (Å²) in [5.41, 5.74) is 6.83. The minimum atomic E-state index is -0.611. The molecule has 0 fully saturated rings. The van der Waals surface area contributed by atoms with Gasteiger partial charge in [-0.1, -0.05) is 24.3 Å². The molecule has 2 aromatic rings. The number of nitrogens with two attached hydrogens (primary N) is 1. The van der Waals surface area contributed by atoms with E-state index in [1.165, 1.54) is 0 Å². The fourth-order valence-electron chi connectivity index (χ4n) is 1.98. The molecule has 0 saturated heterocycles. The number of ether oxygens (including phenoxy) is 1. The van der Waals surface area contributed by atoms with Gasteiger partial charge in [-0.2, -0.15) is 0 Å². The third kappa shape index (κ3) is 5.07. The number of rotatable bonds is 7. The Bertz CT molecular complexity index is 699. The lowest BCUT2D eigenvalue weighted by Gasteiger charge is -2.08. The van der Waals surface area contributed by atoms with Crippen LogP contribution in [0.15, 0.2) is 59.2 Å². The van der Waals surface area contributed by atoms with Crippen molar-refractivity contribution in [3.05, 3.63) is 65.4 Å². The van der Waals surface area contributed by atoms with Gasteiger partial charge in [-0.15, -0.1) is 11.8 Å². The van der Waals surface area contributed by atoms with Gasteiger partial charge in [0, 0.05) is 16.2 Å². The van der Waals surface area contributed by atoms with Crippen LogP contribution < -0.4 is 5.73 Å². The van der Waals surface area contributed by atoms with Crippen LogP contribution in [0.3, 0.4) is 0 Å². The topological polar surface area (TPSA) is 72.6 Å². The average Bonchev–Trinajstić information content (AvgIpc) is 2.55. The molecule has 0 saturated carbocycles. The number of carbonyl (C=O) groups is 1. The second-order valence-corrected chi connectivity index (χ2v) is 5.84. The van der Waals surface area contributed by atoms with Crippen molar-refractivity contribution >= 4 is 23.7 Å². The van der Waals surface area contributed by atoms with E-state index in [9.17, 15) is 9.90 Å². The molecule has 120 valence electrons. The molecular weight excluding hydrogens is 310 g/mol. The highest BCUT2D eigenvalue weighted by molar-refractivity contribution is 7.98. The maximum Gasteiger partial charge on any atom is 0.283 e. The molecule has 0 aliphatic rings. The molecule has 3 N–H and O–H groups in total. The first kappa shape index (κ1) is 17.0. The second kappa shape index (κ2) is 8.29. The molecule has 23 heavy (non-hydrogen) atoms. The highest BCUT2D eigenvalue weighted by atomic mass is 32.2. The number of benzene rings is 2. The summed E-state index contributed by atoms with van der Waals surface area (Å²) >= 11 is 1.63. The van der Waals surface area contributed by atoms with Gasteiger partial charge < -0.3 is 15.6 Å². The summed E-state index contributed by atoms with van der Waals surface area (Å²) in [6.07, 6.45) is 1.59. The third-order valence-corrected chi connectivity index (χ3v) is 4.14. The first-order chi connectivity index (χ1) is 11.1. The number of amides is 1. The Hall–Kier alpha value is -2.40. The first-order valence-corrected chi connectivity index (χ1v) is 8.22. The van der Waals surface area contributed by atoms with Gasteiger partial charge in [0.25, 0.3) is 5.91 Å². The van der Waals surface area contributed by atoms with E-state index in [4.69, 9.17) is 10.5 Å². The van der Waals surface area contributed by atoms with E-state index < -0.39 is 5.91 Å². The molecule has 0 aliphatic carbocycles. The van der Waals surface area contributed by atoms with Crippen molar-refractivity contribution in [3.8, 4) is 5.75 Å². The Morgan fingerprint density at radius 1 is 1.26 bits per heavy atom. The van der Waals surface area contributed by atoms with E-state index in [1.54, 1.807) is 36.9 Å². The lowest BCUT2D eigenvalue weighted by molar-refractivity contribution is -0.117. The molecule has 4 nitrogen and oxygen atoms in total. The molecule has 0 aliphatic heterocycles. The van der Waals surface area contributed by atoms with Crippen LogP contribution in [0.5, 0.6) is 5.75 Å². The maximum absolute atomic E-state index is 11.3. The molecule has 0 aromatic heterocycles. The number of hydrogen-bond acceptors (Lipinski definition) is 4. The number of primary amides is 1. The molecule has 0 heterocycles. The maximum atomic E-state index is 11.3. The quantitative estimate of drug-likeness (QED) is 0.463. The van der Waals surface area contributed by atoms with E-state index in [0.29, 0.717) is 12.4 Å². The van der Waals surface area contributed by atoms with Crippen molar-refractivity contribution in [1.29, 1.82) is 0 Å². The largest absolute Gasteiger partial charge is 0.508 e. The van der Waals surface area contributed by atoms with Crippen molar-refractivity contribution < 1.29 is 14.6 Å². The van der Waals surface area contributed by atoms with Crippen LogP contribution in [0.2, 0.25) is 0 Å². The van der Waals surface area contributed by atoms with Crippen LogP contribution in [-0.4, -0.2) is 17.6 Å². The smallest absolute Gasteiger partial charge is 0.283 e. The highest BCUT2D eigenvalue weighted by Crippen LogP contribution is 2.28. The number of phenolic OH excluding ortho intramolecular Hbond substituents is 1. The lowest BCUT2D eigenvalue weighted by atomic mass is 10.1. The number of carbonyl (C=O) groups excluding carboxylic acids is 1. The minimum Gasteiger partial charge on any atom is -0.508 e. The number of hydrogen-bond donors (Lipinski definition) is 2. The van der Waals surface area contributed by atoms with Crippen molar-refractivity contribution in [1.82, 2.24) is 0 Å². The molecule has 2 rings (SSSR count). The summed E-state index contributed by atoms with van der Waals surface area (Å²) in [4.78, 5) is 12.5. The number of phenols is 1. The Balaban J connectivity index is 2.18. The number of aromatic hydroxyl groups is 1. The molecule has 0 atom stereocenters. The molecular formula is C18H19NO3S. The Morgan fingerprint density at radius 2 is 2.00 bits per heavy atom. The molecule has 0 radical (unpaired) electrons. The molecule has 0 unspecified atom stereocenters. The summed E-state index contributed by atoms with van der Waals surface area (Å²) in [5, 5.41) is 10.0. The fourth-order valence-corrected chi connectivity index (χ4v) is 2.88. The van der Waals surface area contributed by atoms with Gasteiger partial charge in [-0.25, -0.2) is 0 Å². The minimum absolute atomic E-state index is 0.111. The van der Waals surface area contributed by atoms with Gasteiger partial charge in [-0.05, 0) is 42.8 Å². The standard InChI is InChI=1S/C18H19NO3S/c1-2-22-17(18(19)21)11-13-8-9-16(20)14(10-13)12-23-15-6-4-3-5-7-15/h3-11,20H,2,12H2,1H3,(H2,19,21). The van der Waals surface area contributed by atoms with Crippen molar-refractivity contribution in [2.45, 2.75) is 17.6 Å². The van der Waals surface area contributed by atoms with E-state index >= 15 is 0 Å². The van der Waals surface area contributed by atoms with Crippen LogP contribution in [0.4, 0.5) is 0 Å². The predicted octanol–water partition coefficient (Wildman–Crippen LogP) is 3.55. The average molecular weight is 329 g/mol. The summed E-state index contributed by atoms with van der Waals surface area (Å²) in [5.74, 6) is 0.348. The Morgan fingerprint density at radius 3 is 2.65 bits per heavy atom. The van der Waals surface area contributed by atoms with Gasteiger partial charge in [0.1, 0.15) is 5.75 Å². The fraction of sp³-hybridized carbons (Fsp3) is 0.167. The summed E-state index contributed by atoms with van der Waals surface area (Å²) < 4.78 is 5.23. The van der Waals surface area contributed by atoms with Crippen LogP contribution in [0.1, 0.15) is 18.1 Å². The highest BCUT2D eigenvalue weighted by Gasteiger charge is 2.08. The Labute approximate surface area is 140 Å². The normalized spacial score (nSPS) is 11.3. The summed E-state index contributed by atoms with van der Waals surface area (Å²) in [6, 6.07) is 15.1. The van der Waals surface area contributed by atoms with E-state index in [2.05, 4.69) is 0 Å². The molecule has 2 aromatic carbocycles. The molecule has 1 amide bonds. The van der Waals surface area contributed by atoms with Crippen molar-refractivity contribution in [2.75, 3.05) is 6.61 Å². The summed E-state index contributed by atoms with van der Waals surface area (Å²) in [6.45, 7) is 2.15. The van der Waals surface area contributed by atoms with E-state index in [0.717, 1.165) is 16.0 Å². The molecule has 5 heteroatoms. The van der Waals surface area contributed by atoms with Crippen LogP contribution in [-0.2, 0) is 15.3 Å². The van der Waals surface area contributed by atoms with Crippen molar-refractivity contribution in [2.24, 2.45) is 5.73 Å². The number of thioether (sulfide) groups is 1. The van der Waals surface area contributed by atoms with Gasteiger partial charge >= 0.3 is 0 Å². The van der Waals surface area contributed by atoms with Gasteiger partial charge in [0.2, 0.25) is 0 Å². The van der Waals surface area contributed by atoms with Gasteiger partial charge in [-0.3, -0.25) is 4.79 Å². The van der Waals surface area contributed by atoms with Crippen LogP contribution in [0, 0.1) is 0 Å². The first-order valence-electron chi connectivity index (χ1n) is 7.24. The Kier molecular flexibility index (Phi) is 6.11. The second-order valence-electron chi connectivity index (χ2n) is 4.80. The zero-order chi connectivity index (χ0) is 16.7. The SMILES string of the molecule is CCOC(=Cc1ccc(O)c(CSc2ccccc2)c1)C(N)=O. The lowest BCUT2D eigenvalue weighted by Crippen LogP contribution is -2.16. The third-order valence-electron chi connectivity index (χ3n) is 3.08. The van der Waals surface area contributed by atoms with Crippen LogP contribution in [0.25, 0.3) is 6.08 Å². The molecule has 0 bridgehead atoms. The monoisotopic (exact) mass is 329 g/mol. The zero-order valence-electron chi connectivity index (χ0n) is 12.9. The van der Waals surface area contributed by atoms with Crippen LogP contribution >= 0.6 is 11.8 Å². The zero-order valence-corrected chi connectivity index (χ0v) is 13.7. The van der Waals surface area contributed by atoms with Gasteiger partial charge in [0.05, 0.1) is 6.61 Å².